The minimum atomic E-state index is -0.460. The summed E-state index contributed by atoms with van der Waals surface area (Å²) in [6, 6.07) is 4.27. The summed E-state index contributed by atoms with van der Waals surface area (Å²) in [6.45, 7) is 5.38. The zero-order valence-corrected chi connectivity index (χ0v) is 11.4. The zero-order valence-electron chi connectivity index (χ0n) is 11.4. The number of aliphatic hydroxyl groups excluding tert-OH is 1. The van der Waals surface area contributed by atoms with Gasteiger partial charge in [0.25, 0.3) is 0 Å². The predicted molar refractivity (Wildman–Crippen MR) is 75.4 cm³/mol. The van der Waals surface area contributed by atoms with Gasteiger partial charge in [-0.3, -0.25) is 0 Å². The maximum absolute atomic E-state index is 13.2. The molecule has 0 unspecified atom stereocenters. The van der Waals surface area contributed by atoms with E-state index in [0.717, 1.165) is 0 Å². The first kappa shape index (κ1) is 15.2. The molecule has 1 rings (SSSR count). The lowest BCUT2D eigenvalue weighted by molar-refractivity contribution is 0.276. The highest BCUT2D eigenvalue weighted by atomic mass is 19.1. The summed E-state index contributed by atoms with van der Waals surface area (Å²) in [7, 11) is 0. The smallest absolute Gasteiger partial charge is 0.128 e. The molecule has 1 aromatic carbocycles. The van der Waals surface area contributed by atoms with Crippen LogP contribution in [0.15, 0.2) is 30.1 Å². The molecular formula is C14H20FN3O. The van der Waals surface area contributed by atoms with Crippen LogP contribution in [-0.4, -0.2) is 10.8 Å². The van der Waals surface area contributed by atoms with Gasteiger partial charge in [-0.2, -0.15) is 0 Å². The van der Waals surface area contributed by atoms with Crippen molar-refractivity contribution in [3.63, 3.8) is 0 Å². The van der Waals surface area contributed by atoms with E-state index < -0.39 is 5.82 Å². The number of rotatable bonds is 4. The molecule has 0 aliphatic rings. The van der Waals surface area contributed by atoms with Gasteiger partial charge in [-0.15, -0.1) is 0 Å². The average molecular weight is 265 g/mol. The SMILES string of the molecule is CC(C)(C)C(=N)/C=C(/N)Nc1ccc(F)c(CO)c1. The molecule has 5 heteroatoms. The molecule has 1 aromatic rings. The van der Waals surface area contributed by atoms with Crippen LogP contribution in [0.3, 0.4) is 0 Å². The Hall–Kier alpha value is -1.88. The van der Waals surface area contributed by atoms with Crippen LogP contribution in [0.1, 0.15) is 26.3 Å². The van der Waals surface area contributed by atoms with E-state index in [9.17, 15) is 4.39 Å². The highest BCUT2D eigenvalue weighted by Crippen LogP contribution is 2.18. The van der Waals surface area contributed by atoms with Crippen LogP contribution in [0, 0.1) is 16.6 Å². The summed E-state index contributed by atoms with van der Waals surface area (Å²) in [6.07, 6.45) is 1.53. The lowest BCUT2D eigenvalue weighted by Gasteiger charge is -2.18. The van der Waals surface area contributed by atoms with Crippen LogP contribution in [0.2, 0.25) is 0 Å². The van der Waals surface area contributed by atoms with Crippen molar-refractivity contribution in [2.75, 3.05) is 5.32 Å². The molecule has 0 saturated heterocycles. The van der Waals surface area contributed by atoms with Crippen molar-refractivity contribution in [3.8, 4) is 0 Å². The van der Waals surface area contributed by atoms with Gasteiger partial charge in [0, 0.05) is 22.4 Å². The van der Waals surface area contributed by atoms with Crippen LogP contribution >= 0.6 is 0 Å². The number of hydrogen-bond donors (Lipinski definition) is 4. The first-order valence-electron chi connectivity index (χ1n) is 5.96. The standard InChI is InChI=1S/C14H20FN3O/c1-14(2,3)12(16)7-13(17)18-10-4-5-11(15)9(6-10)8-19/h4-7,16,18-19H,8,17H2,1-3H3/b13-7-,16-12?. The minimum Gasteiger partial charge on any atom is -0.392 e. The fourth-order valence-corrected chi connectivity index (χ4v) is 1.35. The van der Waals surface area contributed by atoms with Gasteiger partial charge in [0.05, 0.1) is 6.61 Å². The molecule has 104 valence electrons. The molecule has 0 fully saturated rings. The van der Waals surface area contributed by atoms with E-state index in [1.54, 1.807) is 0 Å². The third kappa shape index (κ3) is 4.37. The Bertz CT molecular complexity index is 504. The summed E-state index contributed by atoms with van der Waals surface area (Å²) in [5.41, 5.74) is 6.66. The van der Waals surface area contributed by atoms with Crippen LogP contribution in [0.5, 0.6) is 0 Å². The second kappa shape index (κ2) is 5.84. The van der Waals surface area contributed by atoms with Gasteiger partial charge in [-0.05, 0) is 24.3 Å². The van der Waals surface area contributed by atoms with Crippen molar-refractivity contribution in [3.05, 3.63) is 41.5 Å². The molecule has 0 bridgehead atoms. The first-order valence-corrected chi connectivity index (χ1v) is 5.96. The van der Waals surface area contributed by atoms with Gasteiger partial charge in [-0.25, -0.2) is 4.39 Å². The van der Waals surface area contributed by atoms with Crippen molar-refractivity contribution in [2.24, 2.45) is 11.1 Å². The Kier molecular flexibility index (Phi) is 4.67. The highest BCUT2D eigenvalue weighted by Gasteiger charge is 2.15. The number of allylic oxidation sites excluding steroid dienone is 1. The lowest BCUT2D eigenvalue weighted by Crippen LogP contribution is -2.20. The summed E-state index contributed by atoms with van der Waals surface area (Å²) in [4.78, 5) is 0. The first-order chi connectivity index (χ1) is 8.74. The molecule has 0 atom stereocenters. The maximum Gasteiger partial charge on any atom is 0.128 e. The third-order valence-corrected chi connectivity index (χ3v) is 2.61. The molecule has 5 N–H and O–H groups in total. The average Bonchev–Trinajstić information content (AvgIpc) is 2.30. The van der Waals surface area contributed by atoms with E-state index in [4.69, 9.17) is 16.2 Å². The minimum absolute atomic E-state index is 0.198. The van der Waals surface area contributed by atoms with Gasteiger partial charge in [0.15, 0.2) is 0 Å². The van der Waals surface area contributed by atoms with Crippen LogP contribution < -0.4 is 11.1 Å². The quantitative estimate of drug-likeness (QED) is 0.631. The number of nitrogens with one attached hydrogen (secondary N) is 2. The van der Waals surface area contributed by atoms with E-state index in [2.05, 4.69) is 5.32 Å². The fourth-order valence-electron chi connectivity index (χ4n) is 1.35. The molecule has 19 heavy (non-hydrogen) atoms. The van der Waals surface area contributed by atoms with Crippen molar-refractivity contribution >= 4 is 11.4 Å². The van der Waals surface area contributed by atoms with Gasteiger partial charge < -0.3 is 21.6 Å². The van der Waals surface area contributed by atoms with E-state index in [0.29, 0.717) is 17.2 Å². The topological polar surface area (TPSA) is 82.1 Å². The summed E-state index contributed by atoms with van der Waals surface area (Å²) >= 11 is 0. The molecule has 0 saturated carbocycles. The van der Waals surface area contributed by atoms with Gasteiger partial charge in [-0.1, -0.05) is 20.8 Å². The molecule has 0 spiro atoms. The van der Waals surface area contributed by atoms with Crippen molar-refractivity contribution in [1.82, 2.24) is 0 Å². The van der Waals surface area contributed by atoms with Crippen molar-refractivity contribution in [1.29, 1.82) is 5.41 Å². The fraction of sp³-hybridized carbons (Fsp3) is 0.357. The van der Waals surface area contributed by atoms with E-state index in [-0.39, 0.29) is 17.6 Å². The molecule has 0 aliphatic carbocycles. The normalized spacial score (nSPS) is 12.4. The van der Waals surface area contributed by atoms with E-state index >= 15 is 0 Å². The highest BCUT2D eigenvalue weighted by molar-refractivity contribution is 5.97. The number of benzene rings is 1. The third-order valence-electron chi connectivity index (χ3n) is 2.61. The van der Waals surface area contributed by atoms with Gasteiger partial charge in [0.1, 0.15) is 11.6 Å². The number of hydrogen-bond acceptors (Lipinski definition) is 4. The molecular weight excluding hydrogens is 245 g/mol. The van der Waals surface area contributed by atoms with Gasteiger partial charge >= 0.3 is 0 Å². The summed E-state index contributed by atoms with van der Waals surface area (Å²) in [5.74, 6) is -0.159. The zero-order chi connectivity index (χ0) is 14.6. The largest absolute Gasteiger partial charge is 0.392 e. The summed E-state index contributed by atoms with van der Waals surface area (Å²) < 4.78 is 13.2. The number of halogens is 1. The Labute approximate surface area is 112 Å². The number of nitrogens with two attached hydrogens (primary N) is 1. The van der Waals surface area contributed by atoms with Crippen molar-refractivity contribution < 1.29 is 9.50 Å². The lowest BCUT2D eigenvalue weighted by atomic mass is 9.90. The predicted octanol–water partition coefficient (Wildman–Crippen LogP) is 2.60. The molecule has 0 amide bonds. The van der Waals surface area contributed by atoms with Gasteiger partial charge in [0.2, 0.25) is 0 Å². The second-order valence-electron chi connectivity index (χ2n) is 5.35. The van der Waals surface area contributed by atoms with Crippen molar-refractivity contribution in [2.45, 2.75) is 27.4 Å². The van der Waals surface area contributed by atoms with E-state index in [1.807, 2.05) is 20.8 Å². The molecule has 0 radical (unpaired) electrons. The Morgan fingerprint density at radius 1 is 1.47 bits per heavy atom. The Balaban J connectivity index is 2.85. The number of aliphatic hydroxyl groups is 1. The monoisotopic (exact) mass is 265 g/mol. The summed E-state index contributed by atoms with van der Waals surface area (Å²) in [5, 5.41) is 19.7. The second-order valence-corrected chi connectivity index (χ2v) is 5.35. The Morgan fingerprint density at radius 2 is 2.11 bits per heavy atom. The van der Waals surface area contributed by atoms with E-state index in [1.165, 1.54) is 24.3 Å². The molecule has 0 aromatic heterocycles. The van der Waals surface area contributed by atoms with Crippen LogP contribution in [-0.2, 0) is 6.61 Å². The van der Waals surface area contributed by atoms with Crippen LogP contribution in [0.4, 0.5) is 10.1 Å². The van der Waals surface area contributed by atoms with Crippen LogP contribution in [0.25, 0.3) is 0 Å². The Morgan fingerprint density at radius 3 is 2.63 bits per heavy atom. The molecule has 0 heterocycles. The maximum atomic E-state index is 13.2. The molecule has 4 nitrogen and oxygen atoms in total. The number of anilines is 1. The molecule has 0 aliphatic heterocycles.